The highest BCUT2D eigenvalue weighted by molar-refractivity contribution is 9.10. The summed E-state index contributed by atoms with van der Waals surface area (Å²) >= 11 is 3.31. The van der Waals surface area contributed by atoms with Crippen LogP contribution in [-0.4, -0.2) is 15.5 Å². The SMILES string of the molecule is COc1ccc(Br)c(CS(=O)(=O)c2cccc(F)c2)c1. The van der Waals surface area contributed by atoms with Gasteiger partial charge in [0.2, 0.25) is 0 Å². The van der Waals surface area contributed by atoms with E-state index in [1.807, 2.05) is 0 Å². The molecule has 0 aliphatic rings. The maximum absolute atomic E-state index is 13.1. The smallest absolute Gasteiger partial charge is 0.182 e. The van der Waals surface area contributed by atoms with Crippen LogP contribution in [0.4, 0.5) is 4.39 Å². The van der Waals surface area contributed by atoms with Crippen LogP contribution in [-0.2, 0) is 15.6 Å². The molecule has 0 unspecified atom stereocenters. The van der Waals surface area contributed by atoms with Crippen LogP contribution in [0.3, 0.4) is 0 Å². The Morgan fingerprint density at radius 2 is 1.95 bits per heavy atom. The van der Waals surface area contributed by atoms with Crippen molar-refractivity contribution in [1.29, 1.82) is 0 Å². The molecular formula is C14H12BrFO3S. The fourth-order valence-electron chi connectivity index (χ4n) is 1.74. The molecule has 106 valence electrons. The maximum Gasteiger partial charge on any atom is 0.182 e. The van der Waals surface area contributed by atoms with Crippen LogP contribution in [0.1, 0.15) is 5.56 Å². The third-order valence-corrected chi connectivity index (χ3v) is 5.19. The van der Waals surface area contributed by atoms with Crippen molar-refractivity contribution >= 4 is 25.8 Å². The summed E-state index contributed by atoms with van der Waals surface area (Å²) < 4.78 is 43.4. The molecule has 0 radical (unpaired) electrons. The van der Waals surface area contributed by atoms with Crippen LogP contribution in [0.25, 0.3) is 0 Å². The van der Waals surface area contributed by atoms with E-state index < -0.39 is 15.7 Å². The van der Waals surface area contributed by atoms with Gasteiger partial charge in [0.1, 0.15) is 11.6 Å². The third-order valence-electron chi connectivity index (χ3n) is 2.75. The Hall–Kier alpha value is -1.40. The van der Waals surface area contributed by atoms with Crippen LogP contribution >= 0.6 is 15.9 Å². The lowest BCUT2D eigenvalue weighted by atomic mass is 10.2. The van der Waals surface area contributed by atoms with E-state index in [0.29, 0.717) is 15.8 Å². The quantitative estimate of drug-likeness (QED) is 0.838. The van der Waals surface area contributed by atoms with E-state index in [0.717, 1.165) is 6.07 Å². The highest BCUT2D eigenvalue weighted by atomic mass is 79.9. The number of methoxy groups -OCH3 is 1. The molecule has 2 aromatic rings. The predicted molar refractivity (Wildman–Crippen MR) is 78.0 cm³/mol. The predicted octanol–water partition coefficient (Wildman–Crippen LogP) is 3.57. The molecule has 2 aromatic carbocycles. The molecule has 0 fully saturated rings. The number of rotatable bonds is 4. The van der Waals surface area contributed by atoms with Crippen LogP contribution in [0.5, 0.6) is 5.75 Å². The van der Waals surface area contributed by atoms with E-state index in [4.69, 9.17) is 4.74 Å². The van der Waals surface area contributed by atoms with E-state index in [-0.39, 0.29) is 10.6 Å². The minimum absolute atomic E-state index is 0.0350. The number of halogens is 2. The van der Waals surface area contributed by atoms with Gasteiger partial charge >= 0.3 is 0 Å². The van der Waals surface area contributed by atoms with Gasteiger partial charge in [-0.3, -0.25) is 0 Å². The third kappa shape index (κ3) is 3.37. The molecule has 0 heterocycles. The summed E-state index contributed by atoms with van der Waals surface area (Å²) in [6.07, 6.45) is 0. The van der Waals surface area contributed by atoms with E-state index >= 15 is 0 Å². The van der Waals surface area contributed by atoms with Gasteiger partial charge in [0, 0.05) is 4.47 Å². The van der Waals surface area contributed by atoms with Crippen molar-refractivity contribution in [3.63, 3.8) is 0 Å². The topological polar surface area (TPSA) is 43.4 Å². The van der Waals surface area contributed by atoms with Gasteiger partial charge in [-0.2, -0.15) is 0 Å². The number of sulfone groups is 1. The minimum Gasteiger partial charge on any atom is -0.497 e. The van der Waals surface area contributed by atoms with Gasteiger partial charge in [0.05, 0.1) is 17.8 Å². The van der Waals surface area contributed by atoms with Gasteiger partial charge in [-0.15, -0.1) is 0 Å². The van der Waals surface area contributed by atoms with Gasteiger partial charge in [0.15, 0.2) is 9.84 Å². The second-order valence-corrected chi connectivity index (χ2v) is 7.02. The summed E-state index contributed by atoms with van der Waals surface area (Å²) in [5.41, 5.74) is 0.564. The van der Waals surface area contributed by atoms with Crippen molar-refractivity contribution in [3.8, 4) is 5.75 Å². The normalized spacial score (nSPS) is 11.3. The van der Waals surface area contributed by atoms with Crippen molar-refractivity contribution in [2.45, 2.75) is 10.6 Å². The Balaban J connectivity index is 2.38. The summed E-state index contributed by atoms with van der Waals surface area (Å²) in [7, 11) is -2.10. The molecule has 0 aliphatic heterocycles. The Morgan fingerprint density at radius 1 is 1.20 bits per heavy atom. The van der Waals surface area contributed by atoms with Crippen LogP contribution in [0.2, 0.25) is 0 Å². The van der Waals surface area contributed by atoms with Gasteiger partial charge < -0.3 is 4.74 Å². The highest BCUT2D eigenvalue weighted by Gasteiger charge is 2.18. The molecule has 0 saturated heterocycles. The molecule has 3 nitrogen and oxygen atoms in total. The first kappa shape index (κ1) is 15.0. The van der Waals surface area contributed by atoms with Crippen molar-refractivity contribution in [3.05, 3.63) is 58.3 Å². The van der Waals surface area contributed by atoms with E-state index in [9.17, 15) is 12.8 Å². The maximum atomic E-state index is 13.1. The highest BCUT2D eigenvalue weighted by Crippen LogP contribution is 2.26. The first-order valence-electron chi connectivity index (χ1n) is 5.73. The molecule has 0 amide bonds. The molecule has 0 spiro atoms. The van der Waals surface area contributed by atoms with Crippen molar-refractivity contribution in [1.82, 2.24) is 0 Å². The first-order chi connectivity index (χ1) is 9.42. The molecule has 20 heavy (non-hydrogen) atoms. The lowest BCUT2D eigenvalue weighted by Crippen LogP contribution is -2.06. The lowest BCUT2D eigenvalue weighted by Gasteiger charge is -2.08. The van der Waals surface area contributed by atoms with Crippen LogP contribution in [0.15, 0.2) is 51.8 Å². The van der Waals surface area contributed by atoms with E-state index in [1.165, 1.54) is 25.3 Å². The summed E-state index contributed by atoms with van der Waals surface area (Å²) in [6.45, 7) is 0. The second-order valence-electron chi connectivity index (χ2n) is 4.17. The molecular weight excluding hydrogens is 347 g/mol. The zero-order valence-electron chi connectivity index (χ0n) is 10.6. The Morgan fingerprint density at radius 3 is 2.60 bits per heavy atom. The summed E-state index contributed by atoms with van der Waals surface area (Å²) in [5, 5.41) is 0. The summed E-state index contributed by atoms with van der Waals surface area (Å²) in [4.78, 5) is -0.0350. The van der Waals surface area contributed by atoms with Crippen molar-refractivity contribution in [2.75, 3.05) is 7.11 Å². The number of hydrogen-bond donors (Lipinski definition) is 0. The lowest BCUT2D eigenvalue weighted by molar-refractivity contribution is 0.414. The van der Waals surface area contributed by atoms with E-state index in [1.54, 1.807) is 18.2 Å². The van der Waals surface area contributed by atoms with Gasteiger partial charge in [0.25, 0.3) is 0 Å². The fraction of sp³-hybridized carbons (Fsp3) is 0.143. The summed E-state index contributed by atoms with van der Waals surface area (Å²) in [5.74, 6) is -0.234. The molecule has 0 atom stereocenters. The Bertz CT molecular complexity index is 729. The second kappa shape index (κ2) is 5.93. The van der Waals surface area contributed by atoms with Gasteiger partial charge in [-0.1, -0.05) is 22.0 Å². The van der Waals surface area contributed by atoms with Crippen molar-refractivity contribution in [2.24, 2.45) is 0 Å². The number of ether oxygens (including phenoxy) is 1. The molecule has 0 aliphatic carbocycles. The molecule has 2 rings (SSSR count). The molecule has 6 heteroatoms. The largest absolute Gasteiger partial charge is 0.497 e. The van der Waals surface area contributed by atoms with E-state index in [2.05, 4.69) is 15.9 Å². The Kier molecular flexibility index (Phi) is 4.45. The average Bonchev–Trinajstić information content (AvgIpc) is 2.41. The van der Waals surface area contributed by atoms with Gasteiger partial charge in [-0.05, 0) is 42.0 Å². The standard InChI is InChI=1S/C14H12BrFO3S/c1-19-12-5-6-14(15)10(7-12)9-20(17,18)13-4-2-3-11(16)8-13/h2-8H,9H2,1H3. The van der Waals surface area contributed by atoms with Crippen LogP contribution < -0.4 is 4.74 Å². The fourth-order valence-corrected chi connectivity index (χ4v) is 3.70. The average molecular weight is 359 g/mol. The van der Waals surface area contributed by atoms with Gasteiger partial charge in [-0.25, -0.2) is 12.8 Å². The molecule has 0 aromatic heterocycles. The zero-order valence-corrected chi connectivity index (χ0v) is 13.0. The monoisotopic (exact) mass is 358 g/mol. The molecule has 0 bridgehead atoms. The zero-order chi connectivity index (χ0) is 14.8. The van der Waals surface area contributed by atoms with Crippen molar-refractivity contribution < 1.29 is 17.5 Å². The number of hydrogen-bond acceptors (Lipinski definition) is 3. The molecule has 0 N–H and O–H groups in total. The number of benzene rings is 2. The summed E-state index contributed by atoms with van der Waals surface area (Å²) in [6, 6.07) is 10.1. The minimum atomic E-state index is -3.61. The van der Waals surface area contributed by atoms with Crippen LogP contribution in [0, 0.1) is 5.82 Å². The Labute approximate surface area is 125 Å². The first-order valence-corrected chi connectivity index (χ1v) is 8.17. The molecule has 0 saturated carbocycles.